The van der Waals surface area contributed by atoms with E-state index in [2.05, 4.69) is 5.32 Å². The van der Waals surface area contributed by atoms with Crippen LogP contribution in [0.3, 0.4) is 0 Å². The van der Waals surface area contributed by atoms with E-state index in [1.807, 2.05) is 37.3 Å². The number of benzene rings is 1. The predicted molar refractivity (Wildman–Crippen MR) is 83.1 cm³/mol. The fraction of sp³-hybridized carbons (Fsp3) is 0.375. The van der Waals surface area contributed by atoms with Crippen LogP contribution in [-0.4, -0.2) is 48.8 Å². The molecule has 0 aromatic heterocycles. The molecule has 0 radical (unpaired) electrons. The molecular weight excluding hydrogens is 282 g/mol. The highest BCUT2D eigenvalue weighted by atomic mass is 16.5. The monoisotopic (exact) mass is 303 g/mol. The maximum atomic E-state index is 12.5. The van der Waals surface area contributed by atoms with E-state index in [1.165, 1.54) is 5.01 Å². The minimum Gasteiger partial charge on any atom is -0.349 e. The number of nitrogens with one attached hydrogen (secondary N) is 1. The maximum absolute atomic E-state index is 12.5. The summed E-state index contributed by atoms with van der Waals surface area (Å²) in [7, 11) is 3.43. The minimum atomic E-state index is -0.942. The smallest absolute Gasteiger partial charge is 0.291 e. The maximum Gasteiger partial charge on any atom is 0.291 e. The fourth-order valence-corrected chi connectivity index (χ4v) is 2.18. The van der Waals surface area contributed by atoms with Crippen molar-refractivity contribution in [2.24, 2.45) is 0 Å². The van der Waals surface area contributed by atoms with E-state index in [4.69, 9.17) is 4.74 Å². The first kappa shape index (κ1) is 16.2. The summed E-state index contributed by atoms with van der Waals surface area (Å²) in [6, 6.07) is 9.40. The zero-order valence-electron chi connectivity index (χ0n) is 13.1. The quantitative estimate of drug-likeness (QED) is 0.831. The van der Waals surface area contributed by atoms with E-state index >= 15 is 0 Å². The fourth-order valence-electron chi connectivity index (χ4n) is 2.18. The van der Waals surface area contributed by atoms with Crippen molar-refractivity contribution in [2.45, 2.75) is 19.6 Å². The lowest BCUT2D eigenvalue weighted by Crippen LogP contribution is -2.60. The summed E-state index contributed by atoms with van der Waals surface area (Å²) in [4.78, 5) is 24.9. The number of hydrogen-bond donors (Lipinski definition) is 1. The zero-order valence-corrected chi connectivity index (χ0v) is 13.1. The molecule has 1 atom stereocenters. The van der Waals surface area contributed by atoms with E-state index in [1.54, 1.807) is 25.2 Å². The molecule has 1 aliphatic heterocycles. The van der Waals surface area contributed by atoms with Crippen molar-refractivity contribution in [3.63, 3.8) is 0 Å². The molecule has 1 heterocycles. The van der Waals surface area contributed by atoms with Crippen LogP contribution in [0.4, 0.5) is 0 Å². The van der Waals surface area contributed by atoms with Gasteiger partial charge in [0.15, 0.2) is 0 Å². The Labute approximate surface area is 130 Å². The molecule has 1 unspecified atom stereocenters. The SMILES string of the molecule is CCCOC1NC(=O)/C(=C\c2ccccc2)N(N(C)C)C1=O. The van der Waals surface area contributed by atoms with Gasteiger partial charge in [0.1, 0.15) is 5.70 Å². The van der Waals surface area contributed by atoms with Gasteiger partial charge in [0.05, 0.1) is 0 Å². The van der Waals surface area contributed by atoms with Crippen molar-refractivity contribution in [3.05, 3.63) is 41.6 Å². The second-order valence-electron chi connectivity index (χ2n) is 5.16. The Morgan fingerprint density at radius 3 is 2.55 bits per heavy atom. The van der Waals surface area contributed by atoms with Crippen LogP contribution in [0.25, 0.3) is 6.08 Å². The van der Waals surface area contributed by atoms with Crippen LogP contribution in [-0.2, 0) is 14.3 Å². The first-order valence-corrected chi connectivity index (χ1v) is 7.25. The Kier molecular flexibility index (Phi) is 5.30. The highest BCUT2D eigenvalue weighted by Gasteiger charge is 2.38. The number of carbonyl (C=O) groups is 2. The number of ether oxygens (including phenoxy) is 1. The zero-order chi connectivity index (χ0) is 16.1. The van der Waals surface area contributed by atoms with Gasteiger partial charge >= 0.3 is 0 Å². The normalized spacial score (nSPS) is 20.6. The van der Waals surface area contributed by atoms with Crippen LogP contribution in [0, 0.1) is 0 Å². The first-order chi connectivity index (χ1) is 10.5. The number of carbonyl (C=O) groups excluding carboxylic acids is 2. The topological polar surface area (TPSA) is 61.9 Å². The number of hydrazine groups is 1. The van der Waals surface area contributed by atoms with Crippen LogP contribution in [0.15, 0.2) is 36.0 Å². The molecule has 1 saturated heterocycles. The molecule has 6 heteroatoms. The lowest BCUT2D eigenvalue weighted by molar-refractivity contribution is -0.165. The van der Waals surface area contributed by atoms with Crippen LogP contribution in [0.1, 0.15) is 18.9 Å². The molecule has 0 spiro atoms. The average molecular weight is 303 g/mol. The van der Waals surface area contributed by atoms with Crippen molar-refractivity contribution in [1.29, 1.82) is 0 Å². The molecule has 6 nitrogen and oxygen atoms in total. The summed E-state index contributed by atoms with van der Waals surface area (Å²) in [6.45, 7) is 2.36. The molecule has 0 saturated carbocycles. The second kappa shape index (κ2) is 7.20. The van der Waals surface area contributed by atoms with Gasteiger partial charge in [-0.3, -0.25) is 9.59 Å². The number of nitrogens with zero attached hydrogens (tertiary/aromatic N) is 2. The molecule has 0 bridgehead atoms. The first-order valence-electron chi connectivity index (χ1n) is 7.25. The van der Waals surface area contributed by atoms with E-state index < -0.39 is 6.23 Å². The summed E-state index contributed by atoms with van der Waals surface area (Å²) >= 11 is 0. The summed E-state index contributed by atoms with van der Waals surface area (Å²) in [6.07, 6.45) is 1.51. The third-order valence-corrected chi connectivity index (χ3v) is 3.15. The molecule has 0 aliphatic carbocycles. The van der Waals surface area contributed by atoms with Crippen LogP contribution in [0.5, 0.6) is 0 Å². The summed E-state index contributed by atoms with van der Waals surface area (Å²) in [5, 5.41) is 5.53. The summed E-state index contributed by atoms with van der Waals surface area (Å²) < 4.78 is 5.42. The van der Waals surface area contributed by atoms with Crippen molar-refractivity contribution >= 4 is 17.9 Å². The Bertz CT molecular complexity index is 569. The van der Waals surface area contributed by atoms with Crippen LogP contribution in [0.2, 0.25) is 0 Å². The largest absolute Gasteiger partial charge is 0.349 e. The van der Waals surface area contributed by atoms with Crippen molar-refractivity contribution in [1.82, 2.24) is 15.3 Å². The number of hydrogen-bond acceptors (Lipinski definition) is 4. The summed E-state index contributed by atoms with van der Waals surface area (Å²) in [5.41, 5.74) is 1.12. The van der Waals surface area contributed by atoms with Crippen molar-refractivity contribution in [3.8, 4) is 0 Å². The van der Waals surface area contributed by atoms with Crippen molar-refractivity contribution in [2.75, 3.05) is 20.7 Å². The van der Waals surface area contributed by atoms with Gasteiger partial charge in [-0.25, -0.2) is 10.0 Å². The molecule has 2 amide bonds. The third kappa shape index (κ3) is 3.52. The van der Waals surface area contributed by atoms with E-state index in [-0.39, 0.29) is 17.5 Å². The highest BCUT2D eigenvalue weighted by molar-refractivity contribution is 6.06. The lowest BCUT2D eigenvalue weighted by Gasteiger charge is -2.37. The van der Waals surface area contributed by atoms with E-state index in [0.29, 0.717) is 6.61 Å². The van der Waals surface area contributed by atoms with Gasteiger partial charge in [0.2, 0.25) is 6.23 Å². The van der Waals surface area contributed by atoms with E-state index in [0.717, 1.165) is 12.0 Å². The van der Waals surface area contributed by atoms with Gasteiger partial charge in [-0.15, -0.1) is 0 Å². The second-order valence-corrected chi connectivity index (χ2v) is 5.16. The Hall–Kier alpha value is -2.18. The number of piperazine rings is 1. The Morgan fingerprint density at radius 2 is 1.95 bits per heavy atom. The Balaban J connectivity index is 2.32. The lowest BCUT2D eigenvalue weighted by atomic mass is 10.1. The summed E-state index contributed by atoms with van der Waals surface area (Å²) in [5.74, 6) is -0.640. The average Bonchev–Trinajstić information content (AvgIpc) is 2.50. The molecule has 1 N–H and O–H groups in total. The minimum absolute atomic E-state index is 0.276. The Morgan fingerprint density at radius 1 is 1.27 bits per heavy atom. The molecule has 2 rings (SSSR count). The molecule has 118 valence electrons. The van der Waals surface area contributed by atoms with Gasteiger partial charge in [-0.05, 0) is 18.1 Å². The molecule has 1 aromatic carbocycles. The van der Waals surface area contributed by atoms with Crippen molar-refractivity contribution < 1.29 is 14.3 Å². The molecule has 1 fully saturated rings. The van der Waals surface area contributed by atoms with Gasteiger partial charge in [-0.2, -0.15) is 0 Å². The number of rotatable bonds is 5. The standard InChI is InChI=1S/C16H21N3O3/c1-4-10-22-15-16(21)19(18(2)3)13(14(20)17-15)11-12-8-6-5-7-9-12/h5-9,11,15H,4,10H2,1-3H3,(H,17,20)/b13-11+. The molecule has 22 heavy (non-hydrogen) atoms. The van der Waals surface area contributed by atoms with Gasteiger partial charge in [0, 0.05) is 20.7 Å². The van der Waals surface area contributed by atoms with Gasteiger partial charge in [-0.1, -0.05) is 37.3 Å². The third-order valence-electron chi connectivity index (χ3n) is 3.15. The number of amides is 2. The van der Waals surface area contributed by atoms with E-state index in [9.17, 15) is 9.59 Å². The van der Waals surface area contributed by atoms with Crippen LogP contribution >= 0.6 is 0 Å². The molecule has 1 aliphatic rings. The molecular formula is C16H21N3O3. The molecule has 1 aromatic rings. The highest BCUT2D eigenvalue weighted by Crippen LogP contribution is 2.18. The predicted octanol–water partition coefficient (Wildman–Crippen LogP) is 1.22. The van der Waals surface area contributed by atoms with Crippen LogP contribution < -0.4 is 5.32 Å². The van der Waals surface area contributed by atoms with Gasteiger partial charge in [0.25, 0.3) is 11.8 Å². The van der Waals surface area contributed by atoms with Gasteiger partial charge < -0.3 is 10.1 Å².